The van der Waals surface area contributed by atoms with Crippen molar-refractivity contribution in [2.24, 2.45) is 7.05 Å². The first-order valence-electron chi connectivity index (χ1n) is 6.89. The molecule has 0 aliphatic heterocycles. The first-order chi connectivity index (χ1) is 9.52. The van der Waals surface area contributed by atoms with E-state index in [4.69, 9.17) is 0 Å². The average Bonchev–Trinajstić information content (AvgIpc) is 2.70. The summed E-state index contributed by atoms with van der Waals surface area (Å²) in [6, 6.07) is 9.03. The van der Waals surface area contributed by atoms with Crippen LogP contribution in [-0.2, 0) is 13.6 Å². The molecule has 0 aliphatic rings. The summed E-state index contributed by atoms with van der Waals surface area (Å²) in [6.07, 6.45) is 2.10. The molecule has 108 valence electrons. The Morgan fingerprint density at radius 1 is 1.25 bits per heavy atom. The molecule has 0 radical (unpaired) electrons. The van der Waals surface area contributed by atoms with E-state index in [1.165, 1.54) is 21.7 Å². The van der Waals surface area contributed by atoms with Crippen molar-refractivity contribution in [3.05, 3.63) is 46.8 Å². The molecule has 0 spiro atoms. The Morgan fingerprint density at radius 3 is 2.40 bits per heavy atom. The maximum Gasteiger partial charge on any atom is 0.0644 e. The number of hydrogen-bond donors (Lipinski definition) is 1. The molecular formula is C16H23N3S. The quantitative estimate of drug-likeness (QED) is 0.853. The minimum Gasteiger partial charge on any atom is -0.306 e. The van der Waals surface area contributed by atoms with Gasteiger partial charge in [-0.2, -0.15) is 5.10 Å². The lowest BCUT2D eigenvalue weighted by Gasteiger charge is -2.15. The molecule has 0 unspecified atom stereocenters. The highest BCUT2D eigenvalue weighted by molar-refractivity contribution is 7.98. The van der Waals surface area contributed by atoms with Crippen molar-refractivity contribution in [3.8, 4) is 0 Å². The second-order valence-electron chi connectivity index (χ2n) is 5.16. The summed E-state index contributed by atoms with van der Waals surface area (Å²) in [5, 5.41) is 8.07. The van der Waals surface area contributed by atoms with E-state index in [-0.39, 0.29) is 0 Å². The Balaban J connectivity index is 2.02. The van der Waals surface area contributed by atoms with Crippen LogP contribution in [0.25, 0.3) is 0 Å². The molecular weight excluding hydrogens is 266 g/mol. The fraction of sp³-hybridized carbons (Fsp3) is 0.438. The topological polar surface area (TPSA) is 29.9 Å². The smallest absolute Gasteiger partial charge is 0.0644 e. The number of aromatic nitrogens is 2. The third kappa shape index (κ3) is 3.25. The third-order valence-electron chi connectivity index (χ3n) is 3.77. The molecule has 1 N–H and O–H groups in total. The van der Waals surface area contributed by atoms with Crippen molar-refractivity contribution in [2.45, 2.75) is 38.3 Å². The van der Waals surface area contributed by atoms with E-state index < -0.39 is 0 Å². The van der Waals surface area contributed by atoms with Crippen LogP contribution < -0.4 is 5.32 Å². The van der Waals surface area contributed by atoms with Gasteiger partial charge in [-0.15, -0.1) is 11.8 Å². The van der Waals surface area contributed by atoms with Crippen molar-refractivity contribution >= 4 is 11.8 Å². The lowest BCUT2D eigenvalue weighted by Crippen LogP contribution is -2.19. The van der Waals surface area contributed by atoms with Crippen molar-refractivity contribution in [1.29, 1.82) is 0 Å². The molecule has 0 bridgehead atoms. The van der Waals surface area contributed by atoms with Gasteiger partial charge in [0.2, 0.25) is 0 Å². The molecule has 0 saturated heterocycles. The zero-order valence-electron chi connectivity index (χ0n) is 12.9. The minimum atomic E-state index is 0.309. The van der Waals surface area contributed by atoms with Crippen molar-refractivity contribution in [2.75, 3.05) is 6.26 Å². The van der Waals surface area contributed by atoms with Crippen LogP contribution in [-0.4, -0.2) is 16.0 Å². The average molecular weight is 289 g/mol. The van der Waals surface area contributed by atoms with Crippen LogP contribution >= 0.6 is 11.8 Å². The Hall–Kier alpha value is -1.26. The van der Waals surface area contributed by atoms with E-state index in [2.05, 4.69) is 61.7 Å². The van der Waals surface area contributed by atoms with Gasteiger partial charge in [0.15, 0.2) is 0 Å². The Morgan fingerprint density at radius 2 is 1.90 bits per heavy atom. The summed E-state index contributed by atoms with van der Waals surface area (Å²) in [4.78, 5) is 1.31. The van der Waals surface area contributed by atoms with Gasteiger partial charge < -0.3 is 5.32 Å². The predicted molar refractivity (Wildman–Crippen MR) is 86.2 cm³/mol. The molecule has 4 heteroatoms. The van der Waals surface area contributed by atoms with Crippen LogP contribution in [0.1, 0.15) is 35.5 Å². The SMILES string of the molecule is CSc1ccc(CN[C@H](C)c2c(C)nn(C)c2C)cc1. The van der Waals surface area contributed by atoms with Gasteiger partial charge in [0.1, 0.15) is 0 Å². The molecule has 2 rings (SSSR count). The maximum absolute atomic E-state index is 4.48. The summed E-state index contributed by atoms with van der Waals surface area (Å²) in [5.41, 5.74) is 4.98. The number of hydrogen-bond acceptors (Lipinski definition) is 3. The van der Waals surface area contributed by atoms with Crippen LogP contribution in [0.15, 0.2) is 29.2 Å². The Kier molecular flexibility index (Phi) is 4.89. The monoisotopic (exact) mass is 289 g/mol. The van der Waals surface area contributed by atoms with Crippen LogP contribution in [0.4, 0.5) is 0 Å². The van der Waals surface area contributed by atoms with E-state index in [1.807, 2.05) is 11.7 Å². The highest BCUT2D eigenvalue weighted by atomic mass is 32.2. The highest BCUT2D eigenvalue weighted by Crippen LogP contribution is 2.21. The van der Waals surface area contributed by atoms with Gasteiger partial charge in [0.05, 0.1) is 5.69 Å². The largest absolute Gasteiger partial charge is 0.306 e. The minimum absolute atomic E-state index is 0.309. The van der Waals surface area contributed by atoms with E-state index in [9.17, 15) is 0 Å². The van der Waals surface area contributed by atoms with Gasteiger partial charge in [0.25, 0.3) is 0 Å². The van der Waals surface area contributed by atoms with Gasteiger partial charge in [-0.1, -0.05) is 12.1 Å². The van der Waals surface area contributed by atoms with E-state index >= 15 is 0 Å². The van der Waals surface area contributed by atoms with Crippen LogP contribution in [0, 0.1) is 13.8 Å². The number of nitrogens with zero attached hydrogens (tertiary/aromatic N) is 2. The number of nitrogens with one attached hydrogen (secondary N) is 1. The molecule has 1 atom stereocenters. The second-order valence-corrected chi connectivity index (χ2v) is 6.04. The molecule has 1 aromatic heterocycles. The van der Waals surface area contributed by atoms with Crippen LogP contribution in [0.2, 0.25) is 0 Å². The number of rotatable bonds is 5. The summed E-state index contributed by atoms with van der Waals surface area (Å²) in [7, 11) is 2.00. The van der Waals surface area contributed by atoms with Gasteiger partial charge in [0, 0.05) is 35.8 Å². The zero-order valence-corrected chi connectivity index (χ0v) is 13.7. The summed E-state index contributed by atoms with van der Waals surface area (Å²) < 4.78 is 1.95. The molecule has 0 aliphatic carbocycles. The van der Waals surface area contributed by atoms with Gasteiger partial charge in [-0.3, -0.25) is 4.68 Å². The molecule has 3 nitrogen and oxygen atoms in total. The molecule has 1 aromatic carbocycles. The van der Waals surface area contributed by atoms with E-state index in [1.54, 1.807) is 11.8 Å². The fourth-order valence-corrected chi connectivity index (χ4v) is 2.94. The van der Waals surface area contributed by atoms with Crippen LogP contribution in [0.3, 0.4) is 0 Å². The number of benzene rings is 1. The van der Waals surface area contributed by atoms with Crippen molar-refractivity contribution in [3.63, 3.8) is 0 Å². The molecule has 20 heavy (non-hydrogen) atoms. The first-order valence-corrected chi connectivity index (χ1v) is 8.11. The summed E-state index contributed by atoms with van der Waals surface area (Å²) in [6.45, 7) is 7.28. The highest BCUT2D eigenvalue weighted by Gasteiger charge is 2.15. The molecule has 1 heterocycles. The molecule has 0 saturated carbocycles. The molecule has 0 amide bonds. The van der Waals surface area contributed by atoms with Gasteiger partial charge in [-0.25, -0.2) is 0 Å². The lowest BCUT2D eigenvalue weighted by atomic mass is 10.1. The van der Waals surface area contributed by atoms with Gasteiger partial charge >= 0.3 is 0 Å². The van der Waals surface area contributed by atoms with E-state index in [0.29, 0.717) is 6.04 Å². The maximum atomic E-state index is 4.48. The van der Waals surface area contributed by atoms with Crippen molar-refractivity contribution < 1.29 is 0 Å². The fourth-order valence-electron chi connectivity index (χ4n) is 2.53. The Labute approximate surface area is 125 Å². The first kappa shape index (κ1) is 15.1. The molecule has 0 fully saturated rings. The number of thioether (sulfide) groups is 1. The predicted octanol–water partition coefficient (Wildman–Crippen LogP) is 3.61. The van der Waals surface area contributed by atoms with Gasteiger partial charge in [-0.05, 0) is 44.7 Å². The van der Waals surface area contributed by atoms with E-state index in [0.717, 1.165) is 12.2 Å². The van der Waals surface area contributed by atoms with Crippen molar-refractivity contribution in [1.82, 2.24) is 15.1 Å². The second kappa shape index (κ2) is 6.46. The zero-order chi connectivity index (χ0) is 14.7. The number of aryl methyl sites for hydroxylation is 2. The lowest BCUT2D eigenvalue weighted by molar-refractivity contribution is 0.568. The molecule has 2 aromatic rings. The Bertz CT molecular complexity index is 572. The normalized spacial score (nSPS) is 12.7. The standard InChI is InChI=1S/C16H23N3S/c1-11(16-12(2)18-19(4)13(16)3)17-10-14-6-8-15(20-5)9-7-14/h6-9,11,17H,10H2,1-5H3/t11-/m1/s1. The van der Waals surface area contributed by atoms with Crippen LogP contribution in [0.5, 0.6) is 0 Å². The third-order valence-corrected chi connectivity index (χ3v) is 4.51. The summed E-state index contributed by atoms with van der Waals surface area (Å²) >= 11 is 1.77. The summed E-state index contributed by atoms with van der Waals surface area (Å²) in [5.74, 6) is 0.